The molecule has 0 saturated carbocycles. The Morgan fingerprint density at radius 1 is 0.814 bits per heavy atom. The van der Waals surface area contributed by atoms with Gasteiger partial charge in [-0.1, -0.05) is 88.2 Å². The first-order chi connectivity index (χ1) is 20.5. The van der Waals surface area contributed by atoms with Gasteiger partial charge in [0.25, 0.3) is 10.0 Å². The highest BCUT2D eigenvalue weighted by Crippen LogP contribution is 2.26. The fraction of sp³-hybridized carbons (Fsp3) is 0.212. The van der Waals surface area contributed by atoms with E-state index < -0.39 is 28.5 Å². The third-order valence-corrected chi connectivity index (χ3v) is 9.26. The van der Waals surface area contributed by atoms with Gasteiger partial charge in [-0.3, -0.25) is 13.9 Å². The van der Waals surface area contributed by atoms with Crippen molar-refractivity contribution >= 4 is 55.1 Å². The quantitative estimate of drug-likeness (QED) is 0.186. The van der Waals surface area contributed by atoms with Crippen molar-refractivity contribution in [3.63, 3.8) is 0 Å². The molecule has 0 saturated heterocycles. The average molecular weight is 683 g/mol. The van der Waals surface area contributed by atoms with Crippen LogP contribution in [0.15, 0.2) is 119 Å². The summed E-state index contributed by atoms with van der Waals surface area (Å²) in [4.78, 5) is 29.6. The first-order valence-corrected chi connectivity index (χ1v) is 16.4. The van der Waals surface area contributed by atoms with Crippen LogP contribution in [0.25, 0.3) is 0 Å². The van der Waals surface area contributed by atoms with Crippen molar-refractivity contribution in [1.29, 1.82) is 0 Å². The Kier molecular flexibility index (Phi) is 11.0. The van der Waals surface area contributed by atoms with Crippen LogP contribution in [0.1, 0.15) is 25.0 Å². The molecule has 0 spiro atoms. The molecule has 2 amide bonds. The molecule has 0 heterocycles. The van der Waals surface area contributed by atoms with E-state index in [-0.39, 0.29) is 35.5 Å². The maximum atomic E-state index is 14.4. The van der Waals surface area contributed by atoms with Gasteiger partial charge in [-0.15, -0.1) is 0 Å². The van der Waals surface area contributed by atoms with Gasteiger partial charge < -0.3 is 10.2 Å². The molecular formula is C33H33BrClN3O4S. The molecular weight excluding hydrogens is 650 g/mol. The molecule has 4 aromatic rings. The standard InChI is InChI=1S/C33H33BrClN3O4S/c1-24(2)36-33(40)31(21-25-9-5-3-6-10-25)37(22-26-13-15-27(34)16-14-26)32(39)23-38(29-19-17-28(35)18-20-29)43(41,42)30-11-7-4-8-12-30/h3-20,24,31H,21-23H2,1-2H3,(H,36,40)/t31-/m1/s1. The van der Waals surface area contributed by atoms with Crippen molar-refractivity contribution in [1.82, 2.24) is 10.2 Å². The van der Waals surface area contributed by atoms with Crippen LogP contribution in [0, 0.1) is 0 Å². The number of carbonyl (C=O) groups is 2. The van der Waals surface area contributed by atoms with Crippen molar-refractivity contribution < 1.29 is 18.0 Å². The molecule has 4 aromatic carbocycles. The molecule has 0 radical (unpaired) electrons. The molecule has 0 bridgehead atoms. The molecule has 0 unspecified atom stereocenters. The topological polar surface area (TPSA) is 86.8 Å². The van der Waals surface area contributed by atoms with Crippen molar-refractivity contribution in [3.05, 3.63) is 130 Å². The lowest BCUT2D eigenvalue weighted by atomic mass is 10.0. The normalized spacial score (nSPS) is 12.0. The van der Waals surface area contributed by atoms with Gasteiger partial charge in [0.05, 0.1) is 10.6 Å². The van der Waals surface area contributed by atoms with Crippen LogP contribution < -0.4 is 9.62 Å². The minimum absolute atomic E-state index is 0.0376. The molecule has 224 valence electrons. The summed E-state index contributed by atoms with van der Waals surface area (Å²) in [6.07, 6.45) is 0.244. The smallest absolute Gasteiger partial charge is 0.264 e. The maximum absolute atomic E-state index is 14.4. The lowest BCUT2D eigenvalue weighted by Crippen LogP contribution is -2.54. The highest BCUT2D eigenvalue weighted by molar-refractivity contribution is 9.10. The second kappa shape index (κ2) is 14.7. The monoisotopic (exact) mass is 681 g/mol. The number of hydrogen-bond donors (Lipinski definition) is 1. The molecule has 0 aliphatic rings. The van der Waals surface area contributed by atoms with E-state index in [2.05, 4.69) is 21.2 Å². The van der Waals surface area contributed by atoms with Gasteiger partial charge in [0, 0.05) is 28.5 Å². The summed E-state index contributed by atoms with van der Waals surface area (Å²) in [6.45, 7) is 3.27. The summed E-state index contributed by atoms with van der Waals surface area (Å²) < 4.78 is 29.8. The van der Waals surface area contributed by atoms with Gasteiger partial charge in [-0.05, 0) is 73.5 Å². The number of hydrogen-bond acceptors (Lipinski definition) is 4. The van der Waals surface area contributed by atoms with Gasteiger partial charge in [0.1, 0.15) is 12.6 Å². The summed E-state index contributed by atoms with van der Waals surface area (Å²) in [7, 11) is -4.16. The molecule has 0 aromatic heterocycles. The SMILES string of the molecule is CC(C)NC(=O)[C@@H](Cc1ccccc1)N(Cc1ccc(Br)cc1)C(=O)CN(c1ccc(Cl)cc1)S(=O)(=O)c1ccccc1. The number of amides is 2. The molecule has 0 aliphatic heterocycles. The Morgan fingerprint density at radius 3 is 1.98 bits per heavy atom. The molecule has 43 heavy (non-hydrogen) atoms. The Hall–Kier alpha value is -3.66. The molecule has 0 aliphatic carbocycles. The first-order valence-electron chi connectivity index (χ1n) is 13.8. The number of carbonyl (C=O) groups excluding carboxylic acids is 2. The number of nitrogens with one attached hydrogen (secondary N) is 1. The zero-order valence-electron chi connectivity index (χ0n) is 23.9. The predicted octanol–water partition coefficient (Wildman–Crippen LogP) is 6.46. The van der Waals surface area contributed by atoms with Crippen LogP contribution >= 0.6 is 27.5 Å². The fourth-order valence-electron chi connectivity index (χ4n) is 4.58. The second-order valence-electron chi connectivity index (χ2n) is 10.3. The van der Waals surface area contributed by atoms with Crippen LogP contribution in [-0.4, -0.2) is 43.8 Å². The van der Waals surface area contributed by atoms with Crippen LogP contribution in [0.2, 0.25) is 5.02 Å². The van der Waals surface area contributed by atoms with Gasteiger partial charge in [-0.2, -0.15) is 0 Å². The Morgan fingerprint density at radius 2 is 1.40 bits per heavy atom. The summed E-state index contributed by atoms with van der Waals surface area (Å²) in [5.41, 5.74) is 1.93. The minimum atomic E-state index is -4.16. The number of rotatable bonds is 12. The molecule has 1 atom stereocenters. The lowest BCUT2D eigenvalue weighted by Gasteiger charge is -2.34. The van der Waals surface area contributed by atoms with Gasteiger partial charge in [0.2, 0.25) is 11.8 Å². The van der Waals surface area contributed by atoms with Gasteiger partial charge in [-0.25, -0.2) is 8.42 Å². The summed E-state index contributed by atoms with van der Waals surface area (Å²) in [5, 5.41) is 3.38. The number of nitrogens with zero attached hydrogens (tertiary/aromatic N) is 2. The molecule has 4 rings (SSSR count). The number of anilines is 1. The van der Waals surface area contributed by atoms with Crippen molar-refractivity contribution in [2.45, 2.75) is 43.8 Å². The van der Waals surface area contributed by atoms with E-state index in [1.54, 1.807) is 42.5 Å². The first kappa shape index (κ1) is 32.3. The van der Waals surface area contributed by atoms with E-state index in [1.807, 2.05) is 68.4 Å². The van der Waals surface area contributed by atoms with E-state index in [9.17, 15) is 18.0 Å². The molecule has 7 nitrogen and oxygen atoms in total. The third kappa shape index (κ3) is 8.69. The van der Waals surface area contributed by atoms with Crippen LogP contribution in [0.5, 0.6) is 0 Å². The van der Waals surface area contributed by atoms with Gasteiger partial charge >= 0.3 is 0 Å². The number of halogens is 2. The highest BCUT2D eigenvalue weighted by Gasteiger charge is 2.34. The average Bonchev–Trinajstić information content (AvgIpc) is 2.99. The number of benzene rings is 4. The minimum Gasteiger partial charge on any atom is -0.352 e. The second-order valence-corrected chi connectivity index (χ2v) is 13.5. The third-order valence-electron chi connectivity index (χ3n) is 6.69. The summed E-state index contributed by atoms with van der Waals surface area (Å²) in [6, 6.07) is 30.0. The van der Waals surface area contributed by atoms with Crippen LogP contribution in [0.4, 0.5) is 5.69 Å². The summed E-state index contributed by atoms with van der Waals surface area (Å²) in [5.74, 6) is -0.856. The van der Waals surface area contributed by atoms with E-state index >= 15 is 0 Å². The van der Waals surface area contributed by atoms with E-state index in [1.165, 1.54) is 17.0 Å². The largest absolute Gasteiger partial charge is 0.352 e. The lowest BCUT2D eigenvalue weighted by molar-refractivity contribution is -0.140. The Labute approximate surface area is 266 Å². The fourth-order valence-corrected chi connectivity index (χ4v) is 6.40. The Bertz CT molecular complexity index is 1620. The van der Waals surface area contributed by atoms with Crippen molar-refractivity contribution in [2.24, 2.45) is 0 Å². The van der Waals surface area contributed by atoms with Crippen molar-refractivity contribution in [2.75, 3.05) is 10.8 Å². The van der Waals surface area contributed by atoms with E-state index in [0.717, 1.165) is 19.9 Å². The van der Waals surface area contributed by atoms with E-state index in [0.29, 0.717) is 5.02 Å². The van der Waals surface area contributed by atoms with Gasteiger partial charge in [0.15, 0.2) is 0 Å². The maximum Gasteiger partial charge on any atom is 0.264 e. The highest BCUT2D eigenvalue weighted by atomic mass is 79.9. The van der Waals surface area contributed by atoms with Crippen LogP contribution in [0.3, 0.4) is 0 Å². The predicted molar refractivity (Wildman–Crippen MR) is 174 cm³/mol. The summed E-state index contributed by atoms with van der Waals surface area (Å²) >= 11 is 9.55. The molecule has 0 fully saturated rings. The number of sulfonamides is 1. The molecule has 10 heteroatoms. The van der Waals surface area contributed by atoms with Crippen LogP contribution in [-0.2, 0) is 32.6 Å². The van der Waals surface area contributed by atoms with Crippen molar-refractivity contribution in [3.8, 4) is 0 Å². The van der Waals surface area contributed by atoms with E-state index in [4.69, 9.17) is 11.6 Å². The zero-order chi connectivity index (χ0) is 31.0. The Balaban J connectivity index is 1.79. The zero-order valence-corrected chi connectivity index (χ0v) is 27.0. The molecule has 1 N–H and O–H groups in total.